The van der Waals surface area contributed by atoms with E-state index in [1.54, 1.807) is 0 Å². The van der Waals surface area contributed by atoms with Crippen LogP contribution in [0.2, 0.25) is 0 Å². The van der Waals surface area contributed by atoms with E-state index in [4.69, 9.17) is 25.8 Å². The van der Waals surface area contributed by atoms with Crippen LogP contribution in [0.1, 0.15) is 22.4 Å². The number of rotatable bonds is 2. The maximum atomic E-state index is 6.71. The van der Waals surface area contributed by atoms with Gasteiger partial charge in [0.2, 0.25) is 0 Å². The average Bonchev–Trinajstić information content (AvgIpc) is 2.98. The molecule has 0 spiro atoms. The maximum absolute atomic E-state index is 6.71. The summed E-state index contributed by atoms with van der Waals surface area (Å²) in [6, 6.07) is 14.0. The quantitative estimate of drug-likeness (QED) is 0.787. The Labute approximate surface area is 128 Å². The van der Waals surface area contributed by atoms with Gasteiger partial charge in [0.15, 0.2) is 11.5 Å². The fraction of sp³-hybridized carbons (Fsp3) is 0.294. The minimum absolute atomic E-state index is 0.149. The summed E-state index contributed by atoms with van der Waals surface area (Å²) in [5.74, 6) is 2.66. The largest absolute Gasteiger partial charge is 0.493 e. The third-order valence-electron chi connectivity index (χ3n) is 3.97. The molecule has 0 fully saturated rings. The minimum atomic E-state index is -0.149. The van der Waals surface area contributed by atoms with Gasteiger partial charge in [-0.25, -0.2) is 0 Å². The lowest BCUT2D eigenvalue weighted by molar-refractivity contribution is 0.171. The molecule has 3 nitrogen and oxygen atoms in total. The highest BCUT2D eigenvalue weighted by atomic mass is 35.5. The molecule has 0 amide bonds. The van der Waals surface area contributed by atoms with E-state index in [2.05, 4.69) is 6.07 Å². The maximum Gasteiger partial charge on any atom is 0.161 e. The van der Waals surface area contributed by atoms with Crippen LogP contribution in [0.15, 0.2) is 42.5 Å². The smallest absolute Gasteiger partial charge is 0.161 e. The molecule has 2 heterocycles. The van der Waals surface area contributed by atoms with Crippen LogP contribution in [0, 0.1) is 0 Å². The first-order chi connectivity index (χ1) is 10.3. The van der Waals surface area contributed by atoms with E-state index >= 15 is 0 Å². The zero-order chi connectivity index (χ0) is 14.2. The standard InChI is InChI=1S/C17H15ClO3/c18-17(13-10-21-14-4-2-1-3-12(13)14)11-5-6-15-16(9-11)20-8-7-19-15/h1-6,9,13,17H,7-8,10H2. The van der Waals surface area contributed by atoms with Gasteiger partial charge in [0, 0.05) is 11.5 Å². The molecule has 2 aromatic rings. The van der Waals surface area contributed by atoms with Crippen molar-refractivity contribution in [2.75, 3.05) is 19.8 Å². The van der Waals surface area contributed by atoms with Crippen molar-refractivity contribution >= 4 is 11.6 Å². The molecule has 2 aliphatic heterocycles. The Kier molecular flexibility index (Phi) is 3.15. The highest BCUT2D eigenvalue weighted by molar-refractivity contribution is 6.21. The van der Waals surface area contributed by atoms with Gasteiger partial charge < -0.3 is 14.2 Å². The molecule has 2 atom stereocenters. The highest BCUT2D eigenvalue weighted by Gasteiger charge is 2.31. The van der Waals surface area contributed by atoms with E-state index in [0.29, 0.717) is 19.8 Å². The summed E-state index contributed by atoms with van der Waals surface area (Å²) >= 11 is 6.71. The zero-order valence-corrected chi connectivity index (χ0v) is 12.2. The third-order valence-corrected chi connectivity index (χ3v) is 4.53. The number of hydrogen-bond donors (Lipinski definition) is 0. The van der Waals surface area contributed by atoms with Crippen LogP contribution in [0.5, 0.6) is 17.2 Å². The second-order valence-corrected chi connectivity index (χ2v) is 5.73. The van der Waals surface area contributed by atoms with E-state index in [1.165, 1.54) is 5.56 Å². The fourth-order valence-corrected chi connectivity index (χ4v) is 3.24. The number of alkyl halides is 1. The Bertz CT molecular complexity index is 671. The van der Waals surface area contributed by atoms with Crippen LogP contribution in [0.25, 0.3) is 0 Å². The number of halogens is 1. The van der Waals surface area contributed by atoms with Gasteiger partial charge in [-0.2, -0.15) is 0 Å². The number of para-hydroxylation sites is 1. The third kappa shape index (κ3) is 2.22. The predicted octanol–water partition coefficient (Wildman–Crippen LogP) is 3.91. The van der Waals surface area contributed by atoms with Gasteiger partial charge in [-0.05, 0) is 23.8 Å². The van der Waals surface area contributed by atoms with Crippen LogP contribution >= 0.6 is 11.6 Å². The molecule has 108 valence electrons. The van der Waals surface area contributed by atoms with Crippen molar-refractivity contribution in [3.63, 3.8) is 0 Å². The van der Waals surface area contributed by atoms with Gasteiger partial charge in [-0.15, -0.1) is 11.6 Å². The number of ether oxygens (including phenoxy) is 3. The molecule has 4 heteroatoms. The second kappa shape index (κ2) is 5.15. The molecule has 4 rings (SSSR count). The monoisotopic (exact) mass is 302 g/mol. The molecule has 0 saturated carbocycles. The molecule has 2 aliphatic rings. The Morgan fingerprint density at radius 1 is 0.905 bits per heavy atom. The number of hydrogen-bond acceptors (Lipinski definition) is 3. The van der Waals surface area contributed by atoms with Crippen molar-refractivity contribution in [2.45, 2.75) is 11.3 Å². The van der Waals surface area contributed by atoms with Crippen LogP contribution in [-0.4, -0.2) is 19.8 Å². The summed E-state index contributed by atoms with van der Waals surface area (Å²) in [4.78, 5) is 0. The average molecular weight is 303 g/mol. The Morgan fingerprint density at radius 3 is 2.62 bits per heavy atom. The molecule has 2 unspecified atom stereocenters. The second-order valence-electron chi connectivity index (χ2n) is 5.26. The minimum Gasteiger partial charge on any atom is -0.493 e. The van der Waals surface area contributed by atoms with Crippen LogP contribution in [0.4, 0.5) is 0 Å². The number of fused-ring (bicyclic) bond motifs is 2. The molecular formula is C17H15ClO3. The molecule has 0 aliphatic carbocycles. The Hall–Kier alpha value is -1.87. The van der Waals surface area contributed by atoms with Gasteiger partial charge in [-0.3, -0.25) is 0 Å². The topological polar surface area (TPSA) is 27.7 Å². The van der Waals surface area contributed by atoms with Crippen molar-refractivity contribution in [1.82, 2.24) is 0 Å². The first-order valence-electron chi connectivity index (χ1n) is 7.08. The summed E-state index contributed by atoms with van der Waals surface area (Å²) in [7, 11) is 0. The van der Waals surface area contributed by atoms with E-state index in [1.807, 2.05) is 36.4 Å². The van der Waals surface area contributed by atoms with Crippen molar-refractivity contribution < 1.29 is 14.2 Å². The highest BCUT2D eigenvalue weighted by Crippen LogP contribution is 2.45. The Balaban J connectivity index is 1.65. The lowest BCUT2D eigenvalue weighted by atomic mass is 9.93. The molecule has 0 radical (unpaired) electrons. The van der Waals surface area contributed by atoms with Crippen molar-refractivity contribution in [1.29, 1.82) is 0 Å². The summed E-state index contributed by atoms with van der Waals surface area (Å²) < 4.78 is 16.9. The molecule has 0 aromatic heterocycles. The van der Waals surface area contributed by atoms with Gasteiger partial charge in [0.25, 0.3) is 0 Å². The first kappa shape index (κ1) is 12.8. The molecule has 0 N–H and O–H groups in total. The first-order valence-corrected chi connectivity index (χ1v) is 7.52. The number of benzene rings is 2. The molecule has 0 bridgehead atoms. The normalized spacial score (nSPS) is 20.5. The predicted molar refractivity (Wildman–Crippen MR) is 80.7 cm³/mol. The molecule has 2 aromatic carbocycles. The zero-order valence-electron chi connectivity index (χ0n) is 11.4. The van der Waals surface area contributed by atoms with E-state index in [-0.39, 0.29) is 11.3 Å². The summed E-state index contributed by atoms with van der Waals surface area (Å²) in [5, 5.41) is -0.149. The van der Waals surface area contributed by atoms with E-state index in [9.17, 15) is 0 Å². The summed E-state index contributed by atoms with van der Waals surface area (Å²) in [5.41, 5.74) is 2.21. The lowest BCUT2D eigenvalue weighted by Crippen LogP contribution is -2.16. The van der Waals surface area contributed by atoms with Crippen molar-refractivity contribution in [3.05, 3.63) is 53.6 Å². The van der Waals surface area contributed by atoms with E-state index in [0.717, 1.165) is 22.8 Å². The van der Waals surface area contributed by atoms with Gasteiger partial charge >= 0.3 is 0 Å². The van der Waals surface area contributed by atoms with Crippen LogP contribution < -0.4 is 14.2 Å². The van der Waals surface area contributed by atoms with Gasteiger partial charge in [-0.1, -0.05) is 24.3 Å². The van der Waals surface area contributed by atoms with Crippen molar-refractivity contribution in [2.24, 2.45) is 0 Å². The summed E-state index contributed by atoms with van der Waals surface area (Å²) in [6.07, 6.45) is 0. The Morgan fingerprint density at radius 2 is 1.71 bits per heavy atom. The fourth-order valence-electron chi connectivity index (χ4n) is 2.89. The van der Waals surface area contributed by atoms with E-state index < -0.39 is 0 Å². The van der Waals surface area contributed by atoms with Crippen LogP contribution in [-0.2, 0) is 0 Å². The van der Waals surface area contributed by atoms with Gasteiger partial charge in [0.1, 0.15) is 19.0 Å². The molecule has 0 saturated heterocycles. The molecule has 21 heavy (non-hydrogen) atoms. The van der Waals surface area contributed by atoms with Gasteiger partial charge in [0.05, 0.1) is 12.0 Å². The van der Waals surface area contributed by atoms with Crippen molar-refractivity contribution in [3.8, 4) is 17.2 Å². The lowest BCUT2D eigenvalue weighted by Gasteiger charge is -2.22. The summed E-state index contributed by atoms with van der Waals surface area (Å²) in [6.45, 7) is 1.79. The SMILES string of the molecule is ClC(c1ccc2c(c1)OCCO2)C1COc2ccccc21. The molecular weight excluding hydrogens is 288 g/mol. The van der Waals surface area contributed by atoms with Crippen LogP contribution in [0.3, 0.4) is 0 Å².